The molecule has 1 N–H and O–H groups in total. The first-order chi connectivity index (χ1) is 16.8. The van der Waals surface area contributed by atoms with Crippen LogP contribution in [0.15, 0.2) is 23.4 Å². The highest BCUT2D eigenvalue weighted by Crippen LogP contribution is 2.40. The SMILES string of the molecule is CCOC(=O)c1c(NC(=O)CSc2nnc(-c3cc(Cl)ccc3OC)n2C)sc2c1CCC(C)C2. The number of carbonyl (C=O) groups is 2. The lowest BCUT2D eigenvalue weighted by atomic mass is 9.88. The average molecular weight is 535 g/mol. The van der Waals surface area contributed by atoms with Gasteiger partial charge in [-0.3, -0.25) is 4.79 Å². The van der Waals surface area contributed by atoms with Crippen LogP contribution in [0.25, 0.3) is 11.4 Å². The quantitative estimate of drug-likeness (QED) is 0.312. The number of aromatic nitrogens is 3. The highest BCUT2D eigenvalue weighted by molar-refractivity contribution is 7.99. The smallest absolute Gasteiger partial charge is 0.341 e. The molecule has 1 amide bonds. The first-order valence-corrected chi connectivity index (χ1v) is 13.5. The second-order valence-corrected chi connectivity index (χ2v) is 10.8. The molecular formula is C24H27ClN4O4S2. The van der Waals surface area contributed by atoms with E-state index >= 15 is 0 Å². The molecule has 11 heteroatoms. The molecule has 186 valence electrons. The van der Waals surface area contributed by atoms with Crippen LogP contribution < -0.4 is 10.1 Å². The van der Waals surface area contributed by atoms with Crippen molar-refractivity contribution in [2.45, 2.75) is 38.3 Å². The van der Waals surface area contributed by atoms with Gasteiger partial charge in [-0.15, -0.1) is 21.5 Å². The zero-order valence-corrected chi connectivity index (χ0v) is 22.4. The van der Waals surface area contributed by atoms with E-state index in [1.807, 2.05) is 7.05 Å². The molecule has 0 fully saturated rings. The number of methoxy groups -OCH3 is 1. The number of benzene rings is 1. The maximum atomic E-state index is 12.9. The predicted molar refractivity (Wildman–Crippen MR) is 139 cm³/mol. The van der Waals surface area contributed by atoms with Crippen LogP contribution in [0.2, 0.25) is 5.02 Å². The Kier molecular flexibility index (Phi) is 8.03. The third kappa shape index (κ3) is 5.49. The van der Waals surface area contributed by atoms with Crippen LogP contribution >= 0.6 is 34.7 Å². The van der Waals surface area contributed by atoms with Gasteiger partial charge < -0.3 is 19.4 Å². The van der Waals surface area contributed by atoms with Gasteiger partial charge in [0.1, 0.15) is 10.8 Å². The molecule has 1 aliphatic rings. The highest BCUT2D eigenvalue weighted by atomic mass is 35.5. The highest BCUT2D eigenvalue weighted by Gasteiger charge is 2.29. The Morgan fingerprint density at radius 1 is 1.34 bits per heavy atom. The third-order valence-electron chi connectivity index (χ3n) is 5.81. The standard InChI is InChI=1S/C24H27ClN4O4S2/c1-5-33-23(31)20-15-8-6-13(2)10-18(15)35-22(20)26-19(30)12-34-24-28-27-21(29(24)3)16-11-14(25)7-9-17(16)32-4/h7,9,11,13H,5-6,8,10,12H2,1-4H3,(H,26,30). The molecule has 0 radical (unpaired) electrons. The summed E-state index contributed by atoms with van der Waals surface area (Å²) < 4.78 is 12.5. The fraction of sp³-hybridized carbons (Fsp3) is 0.417. The van der Waals surface area contributed by atoms with Gasteiger partial charge in [0.05, 0.1) is 30.6 Å². The van der Waals surface area contributed by atoms with E-state index in [0.717, 1.165) is 29.7 Å². The molecule has 0 aliphatic heterocycles. The summed E-state index contributed by atoms with van der Waals surface area (Å²) in [5.74, 6) is 1.27. The molecule has 2 heterocycles. The van der Waals surface area contributed by atoms with Crippen molar-refractivity contribution in [1.82, 2.24) is 14.8 Å². The van der Waals surface area contributed by atoms with E-state index in [4.69, 9.17) is 21.1 Å². The van der Waals surface area contributed by atoms with Gasteiger partial charge in [-0.25, -0.2) is 4.79 Å². The molecule has 3 aromatic rings. The van der Waals surface area contributed by atoms with Gasteiger partial charge in [-0.1, -0.05) is 30.3 Å². The minimum Gasteiger partial charge on any atom is -0.496 e. The van der Waals surface area contributed by atoms with Crippen LogP contribution in [0.4, 0.5) is 5.00 Å². The Bertz CT molecular complexity index is 1260. The number of hydrogen-bond donors (Lipinski definition) is 1. The maximum Gasteiger partial charge on any atom is 0.341 e. The van der Waals surface area contributed by atoms with Gasteiger partial charge in [-0.2, -0.15) is 0 Å². The van der Waals surface area contributed by atoms with Crippen molar-refractivity contribution >= 4 is 51.6 Å². The molecule has 4 rings (SSSR count). The van der Waals surface area contributed by atoms with Crippen molar-refractivity contribution in [1.29, 1.82) is 0 Å². The van der Waals surface area contributed by atoms with Crippen LogP contribution in [0.3, 0.4) is 0 Å². The molecule has 1 aromatic carbocycles. The number of thiophene rings is 1. The minimum atomic E-state index is -0.379. The molecule has 0 saturated heterocycles. The topological polar surface area (TPSA) is 95.3 Å². The van der Waals surface area contributed by atoms with Crippen molar-refractivity contribution in [2.24, 2.45) is 13.0 Å². The summed E-state index contributed by atoms with van der Waals surface area (Å²) in [6, 6.07) is 5.28. The van der Waals surface area contributed by atoms with Gasteiger partial charge in [0.25, 0.3) is 0 Å². The molecule has 0 saturated carbocycles. The first-order valence-electron chi connectivity index (χ1n) is 11.3. The van der Waals surface area contributed by atoms with E-state index < -0.39 is 0 Å². The second kappa shape index (κ2) is 11.0. The molecule has 0 bridgehead atoms. The average Bonchev–Trinajstić information content (AvgIpc) is 3.36. The predicted octanol–water partition coefficient (Wildman–Crippen LogP) is 5.24. The molecule has 2 aromatic heterocycles. The number of amides is 1. The summed E-state index contributed by atoms with van der Waals surface area (Å²) in [4.78, 5) is 26.7. The number of nitrogens with one attached hydrogen (secondary N) is 1. The number of rotatable bonds is 8. The minimum absolute atomic E-state index is 0.111. The van der Waals surface area contributed by atoms with Crippen LogP contribution in [-0.2, 0) is 29.4 Å². The van der Waals surface area contributed by atoms with Crippen molar-refractivity contribution in [2.75, 3.05) is 24.8 Å². The van der Waals surface area contributed by atoms with E-state index in [-0.39, 0.29) is 24.2 Å². The van der Waals surface area contributed by atoms with E-state index in [1.54, 1.807) is 36.8 Å². The number of anilines is 1. The Morgan fingerprint density at radius 2 is 2.14 bits per heavy atom. The molecule has 1 aliphatic carbocycles. The molecule has 1 atom stereocenters. The Hall–Kier alpha value is -2.56. The third-order valence-corrected chi connectivity index (χ3v) is 8.24. The number of ether oxygens (including phenoxy) is 2. The largest absolute Gasteiger partial charge is 0.496 e. The summed E-state index contributed by atoms with van der Waals surface area (Å²) in [6.07, 6.45) is 2.75. The van der Waals surface area contributed by atoms with Crippen LogP contribution in [-0.4, -0.2) is 46.1 Å². The lowest BCUT2D eigenvalue weighted by Gasteiger charge is -2.18. The molecular weight excluding hydrogens is 508 g/mol. The molecule has 1 unspecified atom stereocenters. The first kappa shape index (κ1) is 25.5. The van der Waals surface area contributed by atoms with Crippen molar-refractivity contribution < 1.29 is 19.1 Å². The monoisotopic (exact) mass is 534 g/mol. The van der Waals surface area contributed by atoms with E-state index in [0.29, 0.717) is 43.8 Å². The van der Waals surface area contributed by atoms with Gasteiger partial charge in [0.2, 0.25) is 5.91 Å². The van der Waals surface area contributed by atoms with Crippen LogP contribution in [0.5, 0.6) is 5.75 Å². The zero-order chi connectivity index (χ0) is 25.1. The van der Waals surface area contributed by atoms with Gasteiger partial charge in [0.15, 0.2) is 11.0 Å². The number of nitrogens with zero attached hydrogens (tertiary/aromatic N) is 3. The fourth-order valence-electron chi connectivity index (χ4n) is 4.08. The fourth-order valence-corrected chi connectivity index (χ4v) is 6.38. The summed E-state index contributed by atoms with van der Waals surface area (Å²) in [7, 11) is 3.40. The maximum absolute atomic E-state index is 12.9. The zero-order valence-electron chi connectivity index (χ0n) is 20.0. The summed E-state index contributed by atoms with van der Waals surface area (Å²) in [5, 5.41) is 13.1. The van der Waals surface area contributed by atoms with Crippen LogP contribution in [0.1, 0.15) is 41.1 Å². The number of fused-ring (bicyclic) bond motifs is 1. The number of esters is 1. The van der Waals surface area contributed by atoms with E-state index in [2.05, 4.69) is 22.4 Å². The Labute approximate surface area is 217 Å². The summed E-state index contributed by atoms with van der Waals surface area (Å²) >= 11 is 8.90. The lowest BCUT2D eigenvalue weighted by molar-refractivity contribution is -0.113. The van der Waals surface area contributed by atoms with Crippen LogP contribution in [0, 0.1) is 5.92 Å². The normalized spacial score (nSPS) is 14.9. The molecule has 0 spiro atoms. The second-order valence-electron chi connectivity index (χ2n) is 8.32. The van der Waals surface area contributed by atoms with Gasteiger partial charge in [-0.05, 0) is 55.9 Å². The van der Waals surface area contributed by atoms with Gasteiger partial charge in [0, 0.05) is 16.9 Å². The molecule has 35 heavy (non-hydrogen) atoms. The lowest BCUT2D eigenvalue weighted by Crippen LogP contribution is -2.18. The number of carbonyl (C=O) groups excluding carboxylic acids is 2. The number of halogens is 1. The summed E-state index contributed by atoms with van der Waals surface area (Å²) in [5.41, 5.74) is 2.23. The van der Waals surface area contributed by atoms with Crippen molar-refractivity contribution in [3.8, 4) is 17.1 Å². The number of thioether (sulfide) groups is 1. The Morgan fingerprint density at radius 3 is 2.89 bits per heavy atom. The van der Waals surface area contributed by atoms with Crippen molar-refractivity contribution in [3.63, 3.8) is 0 Å². The summed E-state index contributed by atoms with van der Waals surface area (Å²) in [6.45, 7) is 4.27. The van der Waals surface area contributed by atoms with E-state index in [1.165, 1.54) is 23.1 Å². The van der Waals surface area contributed by atoms with Gasteiger partial charge >= 0.3 is 5.97 Å². The molecule has 8 nitrogen and oxygen atoms in total. The van der Waals surface area contributed by atoms with Crippen molar-refractivity contribution in [3.05, 3.63) is 39.2 Å². The van der Waals surface area contributed by atoms with E-state index in [9.17, 15) is 9.59 Å². The number of hydrogen-bond acceptors (Lipinski definition) is 8. The Balaban J connectivity index is 1.49.